The van der Waals surface area contributed by atoms with Crippen molar-refractivity contribution in [2.75, 3.05) is 6.26 Å². The monoisotopic (exact) mass is 363 g/mol. The molecule has 0 unspecified atom stereocenters. The second-order valence-corrected chi connectivity index (χ2v) is 7.81. The first-order valence-electron chi connectivity index (χ1n) is 7.08. The first-order chi connectivity index (χ1) is 11.3. The molecule has 7 heteroatoms. The summed E-state index contributed by atoms with van der Waals surface area (Å²) in [5.74, 6) is -0.999. The summed E-state index contributed by atoms with van der Waals surface area (Å²) in [4.78, 5) is 10.9. The van der Waals surface area contributed by atoms with Crippen LogP contribution >= 0.6 is 11.6 Å². The van der Waals surface area contributed by atoms with Crippen LogP contribution < -0.4 is 0 Å². The van der Waals surface area contributed by atoms with Gasteiger partial charge in [-0.25, -0.2) is 17.2 Å². The molecule has 0 saturated carbocycles. The van der Waals surface area contributed by atoms with Gasteiger partial charge in [0.1, 0.15) is 0 Å². The van der Waals surface area contributed by atoms with Crippen LogP contribution in [-0.2, 0) is 16.4 Å². The normalized spacial score (nSPS) is 11.8. The number of nitrogens with zero attached hydrogens (tertiary/aromatic N) is 1. The van der Waals surface area contributed by atoms with E-state index in [0.29, 0.717) is 22.7 Å². The van der Waals surface area contributed by atoms with Gasteiger partial charge in [-0.2, -0.15) is 0 Å². The highest BCUT2D eigenvalue weighted by Gasteiger charge is 2.17. The maximum Gasteiger partial charge on any atom is 0.335 e. The van der Waals surface area contributed by atoms with Crippen LogP contribution in [0.15, 0.2) is 48.5 Å². The summed E-state index contributed by atoms with van der Waals surface area (Å²) in [5, 5.41) is 10.2. The summed E-state index contributed by atoms with van der Waals surface area (Å²) in [6, 6.07) is 13.2. The van der Waals surface area contributed by atoms with E-state index >= 15 is 0 Å². The van der Waals surface area contributed by atoms with E-state index < -0.39 is 16.0 Å². The maximum atomic E-state index is 12.2. The number of hydrogen-bond donors (Lipinski definition) is 1. The summed E-state index contributed by atoms with van der Waals surface area (Å²) in [6.45, 7) is 0. The Balaban J connectivity index is 2.10. The summed E-state index contributed by atoms with van der Waals surface area (Å²) in [5.41, 5.74) is 2.17. The van der Waals surface area contributed by atoms with E-state index in [0.717, 1.165) is 17.2 Å². The Morgan fingerprint density at radius 1 is 1.12 bits per heavy atom. The fourth-order valence-corrected chi connectivity index (χ4v) is 3.95. The lowest BCUT2D eigenvalue weighted by Gasteiger charge is -2.09. The largest absolute Gasteiger partial charge is 0.478 e. The van der Waals surface area contributed by atoms with Gasteiger partial charge in [0.15, 0.2) is 0 Å². The molecule has 1 heterocycles. The highest BCUT2D eigenvalue weighted by Crippen LogP contribution is 2.26. The van der Waals surface area contributed by atoms with Gasteiger partial charge in [0.05, 0.1) is 17.3 Å². The van der Waals surface area contributed by atoms with Gasteiger partial charge in [-0.1, -0.05) is 23.7 Å². The number of carbonyl (C=O) groups is 1. The van der Waals surface area contributed by atoms with Crippen LogP contribution in [-0.4, -0.2) is 29.7 Å². The fraction of sp³-hybridized carbons (Fsp3) is 0.118. The molecule has 1 aromatic heterocycles. The van der Waals surface area contributed by atoms with Gasteiger partial charge in [-0.05, 0) is 42.0 Å². The molecular formula is C17H14ClNO4S. The van der Waals surface area contributed by atoms with Gasteiger partial charge in [-0.15, -0.1) is 0 Å². The van der Waals surface area contributed by atoms with Gasteiger partial charge in [0, 0.05) is 22.5 Å². The molecule has 124 valence electrons. The predicted octanol–water partition coefficient (Wildman–Crippen LogP) is 3.39. The number of hydrogen-bond acceptors (Lipinski definition) is 3. The summed E-state index contributed by atoms with van der Waals surface area (Å²) >= 11 is 5.99. The van der Waals surface area contributed by atoms with E-state index in [2.05, 4.69) is 0 Å². The third-order valence-electron chi connectivity index (χ3n) is 3.71. The lowest BCUT2D eigenvalue weighted by Crippen LogP contribution is -2.13. The molecular weight excluding hydrogens is 350 g/mol. The highest BCUT2D eigenvalue weighted by atomic mass is 35.5. The fourth-order valence-electron chi connectivity index (χ4n) is 2.71. The summed E-state index contributed by atoms with van der Waals surface area (Å²) in [6.07, 6.45) is 1.51. The molecule has 0 atom stereocenters. The molecule has 0 aliphatic carbocycles. The topological polar surface area (TPSA) is 76.4 Å². The molecule has 0 aliphatic rings. The highest BCUT2D eigenvalue weighted by molar-refractivity contribution is 7.89. The number of benzene rings is 2. The third kappa shape index (κ3) is 3.16. The minimum absolute atomic E-state index is 0.189. The molecule has 0 radical (unpaired) electrons. The predicted molar refractivity (Wildman–Crippen MR) is 93.4 cm³/mol. The lowest BCUT2D eigenvalue weighted by molar-refractivity contribution is 0.0697. The van der Waals surface area contributed by atoms with Gasteiger partial charge >= 0.3 is 5.97 Å². The van der Waals surface area contributed by atoms with Crippen LogP contribution in [0.25, 0.3) is 10.9 Å². The number of halogens is 1. The zero-order valence-electron chi connectivity index (χ0n) is 12.7. The van der Waals surface area contributed by atoms with Crippen LogP contribution in [0.2, 0.25) is 5.02 Å². The molecule has 5 nitrogen and oxygen atoms in total. The van der Waals surface area contributed by atoms with Crippen LogP contribution in [0.5, 0.6) is 0 Å². The molecule has 0 saturated heterocycles. The van der Waals surface area contributed by atoms with Crippen molar-refractivity contribution in [3.63, 3.8) is 0 Å². The number of aromatic carboxylic acids is 1. The van der Waals surface area contributed by atoms with Gasteiger partial charge < -0.3 is 5.11 Å². The lowest BCUT2D eigenvalue weighted by atomic mass is 10.1. The molecule has 0 fully saturated rings. The van der Waals surface area contributed by atoms with Crippen LogP contribution in [0.4, 0.5) is 0 Å². The average molecular weight is 364 g/mol. The number of aromatic nitrogens is 1. The zero-order chi connectivity index (χ0) is 17.5. The Hall–Kier alpha value is -2.31. The van der Waals surface area contributed by atoms with E-state index in [-0.39, 0.29) is 5.56 Å². The molecule has 3 rings (SSSR count). The number of carboxylic acids is 1. The zero-order valence-corrected chi connectivity index (χ0v) is 14.3. The molecule has 1 N–H and O–H groups in total. The molecule has 2 aromatic carbocycles. The van der Waals surface area contributed by atoms with Crippen molar-refractivity contribution in [3.05, 3.63) is 70.4 Å². The van der Waals surface area contributed by atoms with Crippen molar-refractivity contribution in [1.29, 1.82) is 0 Å². The SMILES string of the molecule is CS(=O)(=O)n1c(Cc2ccc(C(=O)O)cc2)cc2cc(Cl)ccc21. The third-order valence-corrected chi connectivity index (χ3v) is 5.04. The van der Waals surface area contributed by atoms with Crippen LogP contribution in [0.1, 0.15) is 21.6 Å². The minimum atomic E-state index is -3.49. The Kier molecular flexibility index (Phi) is 4.11. The standard InChI is InChI=1S/C17H14ClNO4S/c1-24(22,23)19-15(10-13-9-14(18)6-7-16(13)19)8-11-2-4-12(5-3-11)17(20)21/h2-7,9-10H,8H2,1H3,(H,20,21). The Morgan fingerprint density at radius 3 is 2.38 bits per heavy atom. The van der Waals surface area contributed by atoms with Gasteiger partial charge in [0.2, 0.25) is 10.0 Å². The molecule has 24 heavy (non-hydrogen) atoms. The van der Waals surface area contributed by atoms with E-state index in [4.69, 9.17) is 16.7 Å². The van der Waals surface area contributed by atoms with Crippen molar-refractivity contribution < 1.29 is 18.3 Å². The van der Waals surface area contributed by atoms with Crippen molar-refractivity contribution >= 4 is 38.5 Å². The number of fused-ring (bicyclic) bond motifs is 1. The average Bonchev–Trinajstić information content (AvgIpc) is 2.84. The van der Waals surface area contributed by atoms with Crippen LogP contribution in [0, 0.1) is 0 Å². The first kappa shape index (κ1) is 16.5. The van der Waals surface area contributed by atoms with Crippen LogP contribution in [0.3, 0.4) is 0 Å². The van der Waals surface area contributed by atoms with E-state index in [9.17, 15) is 13.2 Å². The van der Waals surface area contributed by atoms with Gasteiger partial charge in [-0.3, -0.25) is 0 Å². The quantitative estimate of drug-likeness (QED) is 0.770. The Bertz CT molecular complexity index is 1040. The van der Waals surface area contributed by atoms with Crippen molar-refractivity contribution in [1.82, 2.24) is 3.97 Å². The number of carboxylic acid groups (broad SMARTS) is 1. The summed E-state index contributed by atoms with van der Waals surface area (Å²) in [7, 11) is -3.49. The second kappa shape index (κ2) is 5.96. The molecule has 0 bridgehead atoms. The van der Waals surface area contributed by atoms with E-state index in [1.165, 1.54) is 16.1 Å². The van der Waals surface area contributed by atoms with E-state index in [1.54, 1.807) is 36.4 Å². The minimum Gasteiger partial charge on any atom is -0.478 e. The van der Waals surface area contributed by atoms with E-state index in [1.807, 2.05) is 0 Å². The molecule has 3 aromatic rings. The van der Waals surface area contributed by atoms with Gasteiger partial charge in [0.25, 0.3) is 0 Å². The maximum absolute atomic E-state index is 12.2. The van der Waals surface area contributed by atoms with Crippen molar-refractivity contribution in [2.24, 2.45) is 0 Å². The first-order valence-corrected chi connectivity index (χ1v) is 9.31. The molecule has 0 aliphatic heterocycles. The molecule has 0 amide bonds. The van der Waals surface area contributed by atoms with Crippen molar-refractivity contribution in [2.45, 2.75) is 6.42 Å². The van der Waals surface area contributed by atoms with Crippen molar-refractivity contribution in [3.8, 4) is 0 Å². The number of rotatable bonds is 4. The Labute approximate surface area is 144 Å². The Morgan fingerprint density at radius 2 is 1.79 bits per heavy atom. The summed E-state index contributed by atoms with van der Waals surface area (Å²) < 4.78 is 25.7. The smallest absolute Gasteiger partial charge is 0.335 e. The second-order valence-electron chi connectivity index (χ2n) is 5.55. The molecule has 0 spiro atoms.